The van der Waals surface area contributed by atoms with E-state index in [1.165, 1.54) is 12.1 Å². The van der Waals surface area contributed by atoms with E-state index in [9.17, 15) is 14.0 Å². The van der Waals surface area contributed by atoms with E-state index in [0.29, 0.717) is 24.5 Å². The van der Waals surface area contributed by atoms with Gasteiger partial charge in [-0.25, -0.2) is 13.9 Å². The van der Waals surface area contributed by atoms with Crippen molar-refractivity contribution in [3.8, 4) is 5.69 Å². The van der Waals surface area contributed by atoms with E-state index in [0.717, 1.165) is 5.69 Å². The first-order valence-electron chi connectivity index (χ1n) is 8.42. The summed E-state index contributed by atoms with van der Waals surface area (Å²) in [6, 6.07) is 7.58. The number of carbonyl (C=O) groups is 2. The molecule has 1 aliphatic heterocycles. The van der Waals surface area contributed by atoms with Crippen LogP contribution in [0, 0.1) is 12.7 Å². The Morgan fingerprint density at radius 1 is 1.27 bits per heavy atom. The molecule has 1 aliphatic rings. The summed E-state index contributed by atoms with van der Waals surface area (Å²) in [5.74, 6) is -0.555. The van der Waals surface area contributed by atoms with Crippen molar-refractivity contribution in [1.82, 2.24) is 20.0 Å². The number of ether oxygens (including phenoxy) is 1. The van der Waals surface area contributed by atoms with Gasteiger partial charge in [0.05, 0.1) is 18.8 Å². The number of nitrogens with one attached hydrogen (secondary N) is 1. The van der Waals surface area contributed by atoms with Gasteiger partial charge in [-0.1, -0.05) is 0 Å². The van der Waals surface area contributed by atoms with Gasteiger partial charge >= 0.3 is 6.09 Å². The molecule has 0 bridgehead atoms. The number of hydrogen-bond acceptors (Lipinski definition) is 4. The molecule has 1 aromatic heterocycles. The number of aryl methyl sites for hydroxylation is 1. The summed E-state index contributed by atoms with van der Waals surface area (Å²) in [5.41, 5.74) is 1.75. The van der Waals surface area contributed by atoms with Gasteiger partial charge in [-0.05, 0) is 51.1 Å². The lowest BCUT2D eigenvalue weighted by Gasteiger charge is -2.37. The number of amides is 2. The van der Waals surface area contributed by atoms with Crippen molar-refractivity contribution in [1.29, 1.82) is 0 Å². The van der Waals surface area contributed by atoms with E-state index in [1.54, 1.807) is 27.8 Å². The molecule has 8 heteroatoms. The van der Waals surface area contributed by atoms with Gasteiger partial charge in [-0.3, -0.25) is 4.79 Å². The van der Waals surface area contributed by atoms with Crippen LogP contribution < -0.4 is 5.32 Å². The Balaban J connectivity index is 1.61. The van der Waals surface area contributed by atoms with Crippen molar-refractivity contribution in [3.05, 3.63) is 47.5 Å². The number of carbonyl (C=O) groups excluding carboxylic acids is 2. The van der Waals surface area contributed by atoms with Gasteiger partial charge in [0, 0.05) is 11.7 Å². The molecule has 138 valence electrons. The zero-order valence-corrected chi connectivity index (χ0v) is 14.9. The molecule has 1 aromatic carbocycles. The number of likely N-dealkylation sites (tertiary alicyclic amines) is 1. The fourth-order valence-corrected chi connectivity index (χ4v) is 2.68. The van der Waals surface area contributed by atoms with Crippen LogP contribution >= 0.6 is 0 Å². The second-order valence-electron chi connectivity index (χ2n) is 6.60. The van der Waals surface area contributed by atoms with Crippen molar-refractivity contribution >= 4 is 12.0 Å². The Hall–Kier alpha value is -2.90. The average molecular weight is 360 g/mol. The summed E-state index contributed by atoms with van der Waals surface area (Å²) >= 11 is 0. The lowest BCUT2D eigenvalue weighted by Crippen LogP contribution is -2.56. The quantitative estimate of drug-likeness (QED) is 0.908. The number of rotatable bonds is 4. The molecule has 1 fully saturated rings. The Morgan fingerprint density at radius 2 is 1.92 bits per heavy atom. The molecule has 7 nitrogen and oxygen atoms in total. The molecule has 1 saturated heterocycles. The summed E-state index contributed by atoms with van der Waals surface area (Å²) in [4.78, 5) is 25.6. The second-order valence-corrected chi connectivity index (χ2v) is 6.60. The smallest absolute Gasteiger partial charge is 0.407 e. The van der Waals surface area contributed by atoms with Gasteiger partial charge in [0.1, 0.15) is 11.9 Å². The van der Waals surface area contributed by atoms with Crippen molar-refractivity contribution < 1.29 is 18.7 Å². The lowest BCUT2D eigenvalue weighted by atomic mass is 10.1. The van der Waals surface area contributed by atoms with Crippen LogP contribution in [0.25, 0.3) is 5.69 Å². The topological polar surface area (TPSA) is 76.5 Å². The van der Waals surface area contributed by atoms with Crippen molar-refractivity contribution in [2.45, 2.75) is 32.9 Å². The van der Waals surface area contributed by atoms with Gasteiger partial charge < -0.3 is 15.0 Å². The van der Waals surface area contributed by atoms with E-state index in [4.69, 9.17) is 4.74 Å². The number of alkyl carbamates (subject to hydrolysis) is 1. The van der Waals surface area contributed by atoms with Crippen LogP contribution in [0.5, 0.6) is 0 Å². The van der Waals surface area contributed by atoms with Crippen molar-refractivity contribution in [2.75, 3.05) is 13.1 Å². The molecule has 0 spiro atoms. The summed E-state index contributed by atoms with van der Waals surface area (Å²) in [5, 5.41) is 6.96. The molecular formula is C18H21FN4O3. The zero-order chi connectivity index (χ0) is 18.8. The maximum Gasteiger partial charge on any atom is 0.407 e. The highest BCUT2D eigenvalue weighted by Gasteiger charge is 2.35. The van der Waals surface area contributed by atoms with Crippen molar-refractivity contribution in [3.63, 3.8) is 0 Å². The van der Waals surface area contributed by atoms with Crippen LogP contribution in [0.2, 0.25) is 0 Å². The van der Waals surface area contributed by atoms with E-state index in [2.05, 4.69) is 10.4 Å². The summed E-state index contributed by atoms with van der Waals surface area (Å²) in [7, 11) is 0. The number of hydrogen-bond donors (Lipinski definition) is 1. The number of benzene rings is 1. The van der Waals surface area contributed by atoms with Crippen molar-refractivity contribution in [2.24, 2.45) is 0 Å². The van der Waals surface area contributed by atoms with Crippen LogP contribution in [-0.2, 0) is 4.74 Å². The average Bonchev–Trinajstić information content (AvgIpc) is 2.92. The third-order valence-corrected chi connectivity index (χ3v) is 3.99. The molecule has 3 rings (SSSR count). The molecule has 2 heterocycles. The minimum Gasteiger partial charge on any atom is -0.442 e. The van der Waals surface area contributed by atoms with E-state index >= 15 is 0 Å². The predicted octanol–water partition coefficient (Wildman–Crippen LogP) is 2.28. The molecule has 0 unspecified atom stereocenters. The number of aromatic nitrogens is 2. The summed E-state index contributed by atoms with van der Waals surface area (Å²) in [6.45, 7) is 6.19. The molecule has 0 saturated carbocycles. The van der Waals surface area contributed by atoms with Gasteiger partial charge in [0.15, 0.2) is 5.69 Å². The molecule has 0 radical (unpaired) electrons. The standard InChI is InChI=1S/C18H21FN4O3/c1-11(2)20-18(25)26-15-9-22(10-15)17(24)16-8-12(3)23(21-16)14-6-4-13(19)5-7-14/h4-8,11,15H,9-10H2,1-3H3,(H,20,25). The monoisotopic (exact) mass is 360 g/mol. The highest BCUT2D eigenvalue weighted by molar-refractivity contribution is 5.93. The Morgan fingerprint density at radius 3 is 2.54 bits per heavy atom. The lowest BCUT2D eigenvalue weighted by molar-refractivity contribution is -0.00732. The molecule has 2 aromatic rings. The van der Waals surface area contributed by atoms with Crippen LogP contribution in [0.3, 0.4) is 0 Å². The Bertz CT molecular complexity index is 810. The fourth-order valence-electron chi connectivity index (χ4n) is 2.68. The minimum atomic E-state index is -0.478. The molecule has 26 heavy (non-hydrogen) atoms. The van der Waals surface area contributed by atoms with E-state index < -0.39 is 6.09 Å². The number of nitrogens with zero attached hydrogens (tertiary/aromatic N) is 3. The maximum absolute atomic E-state index is 13.1. The first-order valence-corrected chi connectivity index (χ1v) is 8.42. The number of halogens is 1. The minimum absolute atomic E-state index is 0.00119. The van der Waals surface area contributed by atoms with Gasteiger partial charge in [-0.2, -0.15) is 5.10 Å². The van der Waals surface area contributed by atoms with Gasteiger partial charge in [0.25, 0.3) is 5.91 Å². The van der Waals surface area contributed by atoms with Crippen LogP contribution in [0.1, 0.15) is 30.0 Å². The highest BCUT2D eigenvalue weighted by atomic mass is 19.1. The van der Waals surface area contributed by atoms with Crippen LogP contribution in [0.15, 0.2) is 30.3 Å². The first-order chi connectivity index (χ1) is 12.3. The molecule has 1 N–H and O–H groups in total. The third kappa shape index (κ3) is 3.84. The summed E-state index contributed by atoms with van der Waals surface area (Å²) < 4.78 is 19.9. The van der Waals surface area contributed by atoms with E-state index in [-0.39, 0.29) is 23.9 Å². The second kappa shape index (κ2) is 7.15. The van der Waals surface area contributed by atoms with Gasteiger partial charge in [0.2, 0.25) is 0 Å². The molecule has 2 amide bonds. The van der Waals surface area contributed by atoms with Crippen LogP contribution in [0.4, 0.5) is 9.18 Å². The SMILES string of the molecule is Cc1cc(C(=O)N2CC(OC(=O)NC(C)C)C2)nn1-c1ccc(F)cc1. The highest BCUT2D eigenvalue weighted by Crippen LogP contribution is 2.18. The Kier molecular flexibility index (Phi) is 4.92. The molecule has 0 atom stereocenters. The molecule has 0 aliphatic carbocycles. The third-order valence-electron chi connectivity index (χ3n) is 3.99. The first kappa shape index (κ1) is 17.9. The van der Waals surface area contributed by atoms with E-state index in [1.807, 2.05) is 20.8 Å². The normalized spacial score (nSPS) is 14.3. The Labute approximate surface area is 150 Å². The predicted molar refractivity (Wildman–Crippen MR) is 92.7 cm³/mol. The zero-order valence-electron chi connectivity index (χ0n) is 14.9. The fraction of sp³-hybridized carbons (Fsp3) is 0.389. The largest absolute Gasteiger partial charge is 0.442 e. The van der Waals surface area contributed by atoms with Crippen LogP contribution in [-0.4, -0.2) is 51.9 Å². The summed E-state index contributed by atoms with van der Waals surface area (Å²) in [6.07, 6.45) is -0.786. The molecular weight excluding hydrogens is 339 g/mol. The maximum atomic E-state index is 13.1. The van der Waals surface area contributed by atoms with Gasteiger partial charge in [-0.15, -0.1) is 0 Å².